The first-order valence-corrected chi connectivity index (χ1v) is 8.31. The Bertz CT molecular complexity index is 916. The average Bonchev–Trinajstić information content (AvgIpc) is 3.04. The van der Waals surface area contributed by atoms with Gasteiger partial charge in [0.15, 0.2) is 0 Å². The van der Waals surface area contributed by atoms with Gasteiger partial charge in [-0.2, -0.15) is 0 Å². The van der Waals surface area contributed by atoms with Crippen LogP contribution in [0.4, 0.5) is 11.5 Å². The summed E-state index contributed by atoms with van der Waals surface area (Å²) in [6.07, 6.45) is 3.62. The number of carbonyl (C=O) groups is 1. The molecule has 0 aliphatic carbocycles. The molecule has 0 saturated carbocycles. The molecule has 0 saturated heterocycles. The maximum absolute atomic E-state index is 11.4. The average molecular weight is 351 g/mol. The van der Waals surface area contributed by atoms with Crippen LogP contribution in [0.3, 0.4) is 0 Å². The number of rotatable bonds is 5. The fraction of sp³-hybridized carbons (Fsp3) is 0.211. The van der Waals surface area contributed by atoms with Crippen molar-refractivity contribution in [2.45, 2.75) is 26.8 Å². The summed E-state index contributed by atoms with van der Waals surface area (Å²) in [4.78, 5) is 20.2. The number of imidazole rings is 1. The van der Waals surface area contributed by atoms with Crippen LogP contribution in [0, 0.1) is 6.92 Å². The number of nitrogens with one attached hydrogen (secondary N) is 2. The van der Waals surface area contributed by atoms with Crippen molar-refractivity contribution < 1.29 is 10.0 Å². The lowest BCUT2D eigenvalue weighted by Crippen LogP contribution is -2.18. The van der Waals surface area contributed by atoms with E-state index in [0.717, 1.165) is 22.8 Å². The largest absolute Gasteiger partial charge is 0.340 e. The standard InChI is InChI=1S/C19H21N5O2/c1-12(2)24-13(3)21-11-17(24)15-8-9-20-18(10-15)22-16-6-4-14(5-7-16)19(25)23-26/h4-12,26H,1-3H3,(H,20,22)(H,23,25). The van der Waals surface area contributed by atoms with E-state index in [9.17, 15) is 4.79 Å². The Hall–Kier alpha value is -3.19. The second-order valence-electron chi connectivity index (χ2n) is 6.23. The van der Waals surface area contributed by atoms with Gasteiger partial charge in [-0.05, 0) is 57.2 Å². The van der Waals surface area contributed by atoms with Crippen LogP contribution in [0.25, 0.3) is 11.3 Å². The number of benzene rings is 1. The quantitative estimate of drug-likeness (QED) is 0.481. The molecule has 2 heterocycles. The minimum Gasteiger partial charge on any atom is -0.340 e. The molecule has 0 unspecified atom stereocenters. The van der Waals surface area contributed by atoms with Crippen LogP contribution in [0.2, 0.25) is 0 Å². The zero-order valence-electron chi connectivity index (χ0n) is 14.9. The van der Waals surface area contributed by atoms with Gasteiger partial charge in [0.2, 0.25) is 0 Å². The third-order valence-corrected chi connectivity index (χ3v) is 4.07. The number of nitrogens with zero attached hydrogens (tertiary/aromatic N) is 3. The summed E-state index contributed by atoms with van der Waals surface area (Å²) in [7, 11) is 0. The Morgan fingerprint density at radius 2 is 1.88 bits per heavy atom. The molecule has 1 amide bonds. The molecule has 0 aliphatic heterocycles. The van der Waals surface area contributed by atoms with Crippen LogP contribution < -0.4 is 10.8 Å². The zero-order valence-corrected chi connectivity index (χ0v) is 14.9. The minimum atomic E-state index is -0.547. The van der Waals surface area contributed by atoms with Gasteiger partial charge >= 0.3 is 0 Å². The highest BCUT2D eigenvalue weighted by molar-refractivity contribution is 5.93. The van der Waals surface area contributed by atoms with Crippen LogP contribution in [0.15, 0.2) is 48.8 Å². The molecule has 0 spiro atoms. The van der Waals surface area contributed by atoms with Gasteiger partial charge in [-0.1, -0.05) is 0 Å². The first kappa shape index (κ1) is 17.6. The second kappa shape index (κ2) is 7.37. The first-order chi connectivity index (χ1) is 12.5. The summed E-state index contributed by atoms with van der Waals surface area (Å²) >= 11 is 0. The molecule has 0 radical (unpaired) electrons. The maximum Gasteiger partial charge on any atom is 0.274 e. The fourth-order valence-electron chi connectivity index (χ4n) is 2.89. The Labute approximate surface area is 151 Å². The summed E-state index contributed by atoms with van der Waals surface area (Å²) < 4.78 is 2.18. The molecule has 3 rings (SSSR count). The number of aromatic nitrogens is 3. The van der Waals surface area contributed by atoms with E-state index >= 15 is 0 Å². The lowest BCUT2D eigenvalue weighted by Gasteiger charge is -2.15. The summed E-state index contributed by atoms with van der Waals surface area (Å²) in [6.45, 7) is 6.25. The van der Waals surface area contributed by atoms with E-state index in [1.807, 2.05) is 25.3 Å². The number of hydroxylamine groups is 1. The Kier molecular flexibility index (Phi) is 4.99. The monoisotopic (exact) mass is 351 g/mol. The minimum absolute atomic E-state index is 0.308. The molecular weight excluding hydrogens is 330 g/mol. The topological polar surface area (TPSA) is 92.1 Å². The van der Waals surface area contributed by atoms with E-state index in [4.69, 9.17) is 5.21 Å². The molecule has 0 fully saturated rings. The predicted molar refractivity (Wildman–Crippen MR) is 99.6 cm³/mol. The number of aryl methyl sites for hydroxylation is 1. The van der Waals surface area contributed by atoms with E-state index in [2.05, 4.69) is 33.7 Å². The van der Waals surface area contributed by atoms with Crippen molar-refractivity contribution in [3.8, 4) is 11.3 Å². The fourth-order valence-corrected chi connectivity index (χ4v) is 2.89. The van der Waals surface area contributed by atoms with Gasteiger partial charge in [0.25, 0.3) is 5.91 Å². The van der Waals surface area contributed by atoms with Gasteiger partial charge < -0.3 is 9.88 Å². The maximum atomic E-state index is 11.4. The molecular formula is C19H21N5O2. The number of hydrogen-bond acceptors (Lipinski definition) is 5. The molecule has 1 aromatic carbocycles. The molecule has 7 heteroatoms. The summed E-state index contributed by atoms with van der Waals surface area (Å²) in [5, 5.41) is 11.9. The number of pyridine rings is 1. The van der Waals surface area contributed by atoms with Crippen molar-refractivity contribution in [2.24, 2.45) is 0 Å². The number of carbonyl (C=O) groups excluding carboxylic acids is 1. The van der Waals surface area contributed by atoms with E-state index < -0.39 is 5.91 Å². The van der Waals surface area contributed by atoms with Crippen LogP contribution in [0.5, 0.6) is 0 Å². The number of amides is 1. The summed E-state index contributed by atoms with van der Waals surface area (Å²) in [6, 6.07) is 11.0. The van der Waals surface area contributed by atoms with Crippen LogP contribution in [-0.4, -0.2) is 25.6 Å². The number of anilines is 2. The smallest absolute Gasteiger partial charge is 0.274 e. The van der Waals surface area contributed by atoms with E-state index in [1.54, 1.807) is 35.9 Å². The van der Waals surface area contributed by atoms with E-state index in [0.29, 0.717) is 17.4 Å². The van der Waals surface area contributed by atoms with Gasteiger partial charge in [0.1, 0.15) is 11.6 Å². The number of hydrogen-bond donors (Lipinski definition) is 3. The molecule has 0 atom stereocenters. The van der Waals surface area contributed by atoms with Crippen molar-refractivity contribution in [3.63, 3.8) is 0 Å². The van der Waals surface area contributed by atoms with Gasteiger partial charge in [-0.25, -0.2) is 15.4 Å². The van der Waals surface area contributed by atoms with Gasteiger partial charge in [0.05, 0.1) is 11.9 Å². The summed E-state index contributed by atoms with van der Waals surface area (Å²) in [5.74, 6) is 1.11. The normalized spacial score (nSPS) is 10.8. The van der Waals surface area contributed by atoms with E-state index in [-0.39, 0.29) is 0 Å². The molecule has 0 bridgehead atoms. The van der Waals surface area contributed by atoms with Gasteiger partial charge in [0, 0.05) is 29.1 Å². The van der Waals surface area contributed by atoms with Crippen molar-refractivity contribution in [2.75, 3.05) is 5.32 Å². The van der Waals surface area contributed by atoms with Crippen LogP contribution >= 0.6 is 0 Å². The Morgan fingerprint density at radius 1 is 1.15 bits per heavy atom. The lowest BCUT2D eigenvalue weighted by atomic mass is 10.1. The van der Waals surface area contributed by atoms with Crippen molar-refractivity contribution >= 4 is 17.4 Å². The Balaban J connectivity index is 1.85. The predicted octanol–water partition coefficient (Wildman–Crippen LogP) is 3.70. The molecule has 26 heavy (non-hydrogen) atoms. The molecule has 0 aliphatic rings. The lowest BCUT2D eigenvalue weighted by molar-refractivity contribution is 0.0706. The van der Waals surface area contributed by atoms with E-state index in [1.165, 1.54) is 0 Å². The highest BCUT2D eigenvalue weighted by atomic mass is 16.5. The van der Waals surface area contributed by atoms with Crippen LogP contribution in [0.1, 0.15) is 36.1 Å². The molecule has 134 valence electrons. The van der Waals surface area contributed by atoms with Crippen molar-refractivity contribution in [1.29, 1.82) is 0 Å². The molecule has 3 aromatic rings. The second-order valence-corrected chi connectivity index (χ2v) is 6.23. The van der Waals surface area contributed by atoms with Crippen molar-refractivity contribution in [3.05, 3.63) is 60.2 Å². The van der Waals surface area contributed by atoms with Crippen LogP contribution in [-0.2, 0) is 0 Å². The highest BCUT2D eigenvalue weighted by Crippen LogP contribution is 2.26. The summed E-state index contributed by atoms with van der Waals surface area (Å²) in [5.41, 5.74) is 4.83. The zero-order chi connectivity index (χ0) is 18.7. The van der Waals surface area contributed by atoms with Gasteiger partial charge in [-0.15, -0.1) is 0 Å². The highest BCUT2D eigenvalue weighted by Gasteiger charge is 2.12. The Morgan fingerprint density at radius 3 is 2.54 bits per heavy atom. The molecule has 3 N–H and O–H groups in total. The SMILES string of the molecule is Cc1ncc(-c2ccnc(Nc3ccc(C(=O)NO)cc3)c2)n1C(C)C. The molecule has 2 aromatic heterocycles. The molecule has 7 nitrogen and oxygen atoms in total. The first-order valence-electron chi connectivity index (χ1n) is 8.31. The third-order valence-electron chi connectivity index (χ3n) is 4.07. The van der Waals surface area contributed by atoms with Gasteiger partial charge in [-0.3, -0.25) is 10.0 Å². The third kappa shape index (κ3) is 3.57. The van der Waals surface area contributed by atoms with Crippen molar-refractivity contribution in [1.82, 2.24) is 20.0 Å².